The molecule has 0 aromatic rings. The smallest absolute Gasteiger partial charge is 0.418 e. The van der Waals surface area contributed by atoms with Gasteiger partial charge in [-0.3, -0.25) is 14.4 Å². The molecule has 0 spiro atoms. The summed E-state index contributed by atoms with van der Waals surface area (Å²) in [6, 6.07) is 0. The average Bonchev–Trinajstić information content (AvgIpc) is 3.07. The molecule has 0 radical (unpaired) electrons. The van der Waals surface area contributed by atoms with E-state index >= 15 is 0 Å². The van der Waals surface area contributed by atoms with Crippen LogP contribution in [0.5, 0.6) is 0 Å². The van der Waals surface area contributed by atoms with E-state index in [2.05, 4.69) is 0 Å². The molecule has 288 valence electrons. The maximum atomic E-state index is 12.9. The Balaban J connectivity index is 1.99. The molecule has 0 saturated heterocycles. The molecule has 1 N–H and O–H groups in total. The summed E-state index contributed by atoms with van der Waals surface area (Å²) in [5.41, 5.74) is 5.78. The van der Waals surface area contributed by atoms with Gasteiger partial charge in [-0.15, -0.1) is 0 Å². The second-order valence-corrected chi connectivity index (χ2v) is 15.0. The molecule has 0 heterocycles. The van der Waals surface area contributed by atoms with Crippen molar-refractivity contribution in [3.8, 4) is 0 Å². The topological polar surface area (TPSA) is 141 Å². The minimum Gasteiger partial charge on any atom is -0.473 e. The Labute approximate surface area is 319 Å². The van der Waals surface area contributed by atoms with Crippen LogP contribution in [0, 0.1) is 10.8 Å². The van der Waals surface area contributed by atoms with E-state index in [0.717, 1.165) is 40.4 Å². The van der Waals surface area contributed by atoms with Crippen molar-refractivity contribution >= 4 is 35.3 Å². The van der Waals surface area contributed by atoms with Crippen molar-refractivity contribution in [1.29, 1.82) is 0 Å². The first kappa shape index (κ1) is 44.7. The fourth-order valence-electron chi connectivity index (χ4n) is 6.15. The lowest BCUT2D eigenvalue weighted by Gasteiger charge is -2.36. The normalized spacial score (nSPS) is 21.8. The highest BCUT2D eigenvalue weighted by molar-refractivity contribution is 6.33. The number of hydrogen-bond acceptors (Lipinski definition) is 8. The predicted molar refractivity (Wildman–Crippen MR) is 211 cm³/mol. The van der Waals surface area contributed by atoms with Gasteiger partial charge in [0.15, 0.2) is 23.8 Å². The molecule has 9 heteroatoms. The number of ketones is 3. The van der Waals surface area contributed by atoms with E-state index in [1.807, 2.05) is 140 Å². The van der Waals surface area contributed by atoms with Gasteiger partial charge < -0.3 is 14.6 Å². The van der Waals surface area contributed by atoms with Crippen molar-refractivity contribution in [2.24, 2.45) is 10.8 Å². The minimum absolute atomic E-state index is 0.194. The van der Waals surface area contributed by atoms with Crippen LogP contribution in [0.4, 0.5) is 0 Å². The van der Waals surface area contributed by atoms with Crippen molar-refractivity contribution in [2.75, 3.05) is 0 Å². The molecule has 0 aromatic carbocycles. The van der Waals surface area contributed by atoms with E-state index in [1.54, 1.807) is 13.8 Å². The number of carbonyl (C=O) groups is 6. The first-order chi connectivity index (χ1) is 25.1. The summed E-state index contributed by atoms with van der Waals surface area (Å²) in [5, 5.41) is 8.84. The van der Waals surface area contributed by atoms with Crippen LogP contribution in [0.25, 0.3) is 0 Å². The molecule has 0 aliphatic heterocycles. The Kier molecular flexibility index (Phi) is 16.2. The van der Waals surface area contributed by atoms with E-state index in [1.165, 1.54) is 0 Å². The molecule has 2 aliphatic rings. The number of rotatable bonds is 13. The summed E-state index contributed by atoms with van der Waals surface area (Å²) in [5.74, 6) is -5.55. The average molecular weight is 739 g/mol. The van der Waals surface area contributed by atoms with E-state index in [9.17, 15) is 28.8 Å². The molecule has 54 heavy (non-hydrogen) atoms. The van der Waals surface area contributed by atoms with Crippen molar-refractivity contribution < 1.29 is 43.3 Å². The van der Waals surface area contributed by atoms with Gasteiger partial charge in [0.05, 0.1) is 0 Å². The van der Waals surface area contributed by atoms with E-state index in [-0.39, 0.29) is 18.0 Å². The third kappa shape index (κ3) is 13.2. The fourth-order valence-corrected chi connectivity index (χ4v) is 6.15. The Morgan fingerprint density at radius 3 is 1.26 bits per heavy atom. The first-order valence-electron chi connectivity index (χ1n) is 17.8. The van der Waals surface area contributed by atoms with Crippen LogP contribution in [0.3, 0.4) is 0 Å². The van der Waals surface area contributed by atoms with Crippen molar-refractivity contribution in [2.45, 2.75) is 101 Å². The minimum atomic E-state index is -1.73. The number of allylic oxidation sites excluding steroid dienone is 20. The molecule has 0 fully saturated rings. The molecular weight excluding hydrogens is 684 g/mol. The van der Waals surface area contributed by atoms with Gasteiger partial charge in [0.1, 0.15) is 0 Å². The summed E-state index contributed by atoms with van der Waals surface area (Å²) in [4.78, 5) is 71.2. The first-order valence-corrected chi connectivity index (χ1v) is 17.8. The van der Waals surface area contributed by atoms with Gasteiger partial charge in [-0.05, 0) is 74.7 Å². The van der Waals surface area contributed by atoms with Gasteiger partial charge >= 0.3 is 17.9 Å². The van der Waals surface area contributed by atoms with Gasteiger partial charge in [0.25, 0.3) is 0 Å². The van der Waals surface area contributed by atoms with Crippen LogP contribution in [0.15, 0.2) is 130 Å². The van der Waals surface area contributed by atoms with Gasteiger partial charge in [-0.2, -0.15) is 0 Å². The largest absolute Gasteiger partial charge is 0.473 e. The molecule has 0 aromatic heterocycles. The second kappa shape index (κ2) is 19.6. The number of hydrogen-bond donors (Lipinski definition) is 1. The monoisotopic (exact) mass is 738 g/mol. The van der Waals surface area contributed by atoms with Gasteiger partial charge in [0, 0.05) is 19.8 Å². The highest BCUT2D eigenvalue weighted by atomic mass is 16.6. The Bertz CT molecular complexity index is 1750. The van der Waals surface area contributed by atoms with E-state index in [0.29, 0.717) is 17.6 Å². The molecule has 2 unspecified atom stereocenters. The van der Waals surface area contributed by atoms with Crippen molar-refractivity contribution in [3.05, 3.63) is 130 Å². The number of esters is 2. The number of carboxylic acids is 1. The Hall–Kier alpha value is -5.44. The summed E-state index contributed by atoms with van der Waals surface area (Å²) in [7, 11) is 0. The zero-order valence-electron chi connectivity index (χ0n) is 33.4. The lowest BCUT2D eigenvalue weighted by atomic mass is 9.71. The zero-order chi connectivity index (χ0) is 41.0. The SMILES string of the molecule is CC(=O)C(=O)OC1CC(C)(C)C(/C=C/C(C)=C/C=C/C(C)=C/C=C/C=C(C)/C=C/C=C(C)/C=C/C2=C(C)C(=O)C(OC(=O)C(=O)O)CC2(C)C)=C(C)C1=O. The van der Waals surface area contributed by atoms with Gasteiger partial charge in [-0.1, -0.05) is 135 Å². The molecule has 2 atom stereocenters. The van der Waals surface area contributed by atoms with Crippen molar-refractivity contribution in [1.82, 2.24) is 0 Å². The predicted octanol–water partition coefficient (Wildman–Crippen LogP) is 8.68. The number of carboxylic acid groups (broad SMARTS) is 1. The Morgan fingerprint density at radius 2 is 0.907 bits per heavy atom. The van der Waals surface area contributed by atoms with Crippen molar-refractivity contribution in [3.63, 3.8) is 0 Å². The van der Waals surface area contributed by atoms with Crippen LogP contribution in [0.2, 0.25) is 0 Å². The zero-order valence-corrected chi connectivity index (χ0v) is 33.4. The lowest BCUT2D eigenvalue weighted by molar-refractivity contribution is -0.170. The standard InChI is InChI=1S/C45H54O9/c1-28(18-14-20-30(3)22-24-35-32(5)39(47)37(26-44(35,8)9)53-42(51)34(7)46)16-12-13-17-29(2)19-15-21-31(4)23-25-36-33(6)40(48)38(27-45(36,10)11)54-43(52)41(49)50/h12-25,37-38H,26-27H2,1-11H3,(H,49,50)/b13-12+,18-14+,19-15+,24-22+,25-23+,28-16+,29-17+,30-20+,31-21+. The quantitative estimate of drug-likeness (QED) is 0.112. The van der Waals surface area contributed by atoms with E-state index in [4.69, 9.17) is 14.6 Å². The highest BCUT2D eigenvalue weighted by Gasteiger charge is 2.41. The second-order valence-electron chi connectivity index (χ2n) is 15.0. The highest BCUT2D eigenvalue weighted by Crippen LogP contribution is 2.42. The molecule has 0 saturated carbocycles. The summed E-state index contributed by atoms with van der Waals surface area (Å²) >= 11 is 0. The van der Waals surface area contributed by atoms with Gasteiger partial charge in [0.2, 0.25) is 5.78 Å². The summed E-state index contributed by atoms with van der Waals surface area (Å²) in [6.45, 7) is 20.3. The van der Waals surface area contributed by atoms with Crippen LogP contribution in [-0.4, -0.2) is 52.6 Å². The number of Topliss-reactive ketones (excluding diaryl/α,β-unsaturated/α-hetero) is 3. The molecule has 0 amide bonds. The Morgan fingerprint density at radius 1 is 0.574 bits per heavy atom. The van der Waals surface area contributed by atoms with Crippen LogP contribution < -0.4 is 0 Å². The molecule has 0 bridgehead atoms. The molecule has 2 rings (SSSR count). The van der Waals surface area contributed by atoms with E-state index < -0.39 is 46.7 Å². The van der Waals surface area contributed by atoms with Gasteiger partial charge in [-0.25, -0.2) is 14.4 Å². The number of ether oxygens (including phenoxy) is 2. The summed E-state index contributed by atoms with van der Waals surface area (Å²) in [6.07, 6.45) is 25.9. The summed E-state index contributed by atoms with van der Waals surface area (Å²) < 4.78 is 10.1. The maximum absolute atomic E-state index is 12.9. The maximum Gasteiger partial charge on any atom is 0.418 e. The van der Waals surface area contributed by atoms with Crippen LogP contribution in [-0.2, 0) is 38.2 Å². The molecule has 9 nitrogen and oxygen atoms in total. The third-order valence-electron chi connectivity index (χ3n) is 9.23. The molecular formula is C45H54O9. The number of aliphatic carboxylic acids is 1. The molecule has 2 aliphatic carbocycles. The lowest BCUT2D eigenvalue weighted by Crippen LogP contribution is -2.40. The van der Waals surface area contributed by atoms with Crippen LogP contribution in [0.1, 0.15) is 89.0 Å². The van der Waals surface area contributed by atoms with Crippen LogP contribution >= 0.6 is 0 Å². The fraction of sp³-hybridized carbons (Fsp3) is 0.378. The number of carbonyl (C=O) groups excluding carboxylic acids is 5. The third-order valence-corrected chi connectivity index (χ3v) is 9.23.